The highest BCUT2D eigenvalue weighted by atomic mass is 16.3. The third-order valence-corrected chi connectivity index (χ3v) is 3.96. The highest BCUT2D eigenvalue weighted by Gasteiger charge is 2.20. The Morgan fingerprint density at radius 3 is 2.42 bits per heavy atom. The van der Waals surface area contributed by atoms with E-state index < -0.39 is 0 Å². The van der Waals surface area contributed by atoms with Gasteiger partial charge in [0, 0.05) is 13.5 Å². The number of hydrogen-bond donors (Lipinski definition) is 1. The quantitative estimate of drug-likeness (QED) is 0.882. The monoisotopic (exact) mass is 263 g/mol. The summed E-state index contributed by atoms with van der Waals surface area (Å²) >= 11 is 0. The van der Waals surface area contributed by atoms with E-state index in [4.69, 9.17) is 0 Å². The Balaban J connectivity index is 2.71. The van der Waals surface area contributed by atoms with Gasteiger partial charge in [0.05, 0.1) is 6.04 Å². The lowest BCUT2D eigenvalue weighted by Crippen LogP contribution is -2.31. The standard InChI is InChI=1S/C16H25NO2/c1-11(2)12(3)9-16(19)17(5)13(4)14-7-6-8-15(18)10-14/h6-8,10-13,18H,9H2,1-5H3/t12-,13+/m1/s1. The smallest absolute Gasteiger partial charge is 0.223 e. The van der Waals surface area contributed by atoms with E-state index in [1.54, 1.807) is 23.1 Å². The van der Waals surface area contributed by atoms with Gasteiger partial charge in [-0.15, -0.1) is 0 Å². The van der Waals surface area contributed by atoms with Crippen LogP contribution in [0.3, 0.4) is 0 Å². The van der Waals surface area contributed by atoms with Crippen LogP contribution in [0.5, 0.6) is 5.75 Å². The summed E-state index contributed by atoms with van der Waals surface area (Å²) in [5.41, 5.74) is 0.952. The van der Waals surface area contributed by atoms with Crippen molar-refractivity contribution in [1.82, 2.24) is 4.90 Å². The molecule has 0 aliphatic heterocycles. The molecule has 0 fully saturated rings. The van der Waals surface area contributed by atoms with E-state index in [2.05, 4.69) is 20.8 Å². The minimum absolute atomic E-state index is 0.0287. The largest absolute Gasteiger partial charge is 0.508 e. The molecule has 3 heteroatoms. The van der Waals surface area contributed by atoms with Gasteiger partial charge >= 0.3 is 0 Å². The Bertz CT molecular complexity index is 429. The van der Waals surface area contributed by atoms with Crippen molar-refractivity contribution in [2.75, 3.05) is 7.05 Å². The highest BCUT2D eigenvalue weighted by molar-refractivity contribution is 5.76. The van der Waals surface area contributed by atoms with Crippen molar-refractivity contribution in [2.45, 2.75) is 40.2 Å². The molecular weight excluding hydrogens is 238 g/mol. The van der Waals surface area contributed by atoms with Crippen molar-refractivity contribution in [3.05, 3.63) is 29.8 Å². The van der Waals surface area contributed by atoms with Gasteiger partial charge in [0.25, 0.3) is 0 Å². The summed E-state index contributed by atoms with van der Waals surface area (Å²) in [4.78, 5) is 14.0. The van der Waals surface area contributed by atoms with Gasteiger partial charge in [-0.25, -0.2) is 0 Å². The summed E-state index contributed by atoms with van der Waals surface area (Å²) in [5.74, 6) is 1.28. The average molecular weight is 263 g/mol. The van der Waals surface area contributed by atoms with E-state index >= 15 is 0 Å². The second kappa shape index (κ2) is 6.60. The number of rotatable bonds is 5. The topological polar surface area (TPSA) is 40.5 Å². The van der Waals surface area contributed by atoms with Gasteiger partial charge in [-0.1, -0.05) is 32.9 Å². The lowest BCUT2D eigenvalue weighted by molar-refractivity contribution is -0.133. The minimum Gasteiger partial charge on any atom is -0.508 e. The summed E-state index contributed by atoms with van der Waals surface area (Å²) in [7, 11) is 1.82. The van der Waals surface area contributed by atoms with Crippen molar-refractivity contribution in [1.29, 1.82) is 0 Å². The molecule has 0 bridgehead atoms. The first-order valence-electron chi connectivity index (χ1n) is 6.87. The number of carbonyl (C=O) groups is 1. The molecule has 0 aliphatic rings. The average Bonchev–Trinajstić information content (AvgIpc) is 2.36. The SMILES string of the molecule is CC(C)[C@H](C)CC(=O)N(C)[C@@H](C)c1cccc(O)c1. The van der Waals surface area contributed by atoms with Gasteiger partial charge in [-0.2, -0.15) is 0 Å². The van der Waals surface area contributed by atoms with Crippen LogP contribution in [0, 0.1) is 11.8 Å². The van der Waals surface area contributed by atoms with Crippen LogP contribution in [0.15, 0.2) is 24.3 Å². The molecule has 1 aromatic carbocycles. The number of nitrogens with zero attached hydrogens (tertiary/aromatic N) is 1. The van der Waals surface area contributed by atoms with Gasteiger partial charge in [-0.05, 0) is 36.5 Å². The summed E-state index contributed by atoms with van der Waals surface area (Å²) in [6.45, 7) is 8.36. The molecule has 1 amide bonds. The van der Waals surface area contributed by atoms with Crippen LogP contribution in [0.2, 0.25) is 0 Å². The van der Waals surface area contributed by atoms with E-state index in [-0.39, 0.29) is 17.7 Å². The van der Waals surface area contributed by atoms with Crippen LogP contribution in [0.1, 0.15) is 45.7 Å². The summed E-state index contributed by atoms with van der Waals surface area (Å²) in [6, 6.07) is 7.05. The molecular formula is C16H25NO2. The van der Waals surface area contributed by atoms with Crippen LogP contribution in [0.25, 0.3) is 0 Å². The molecule has 1 aromatic rings. The number of phenolic OH excluding ortho intramolecular Hbond substituents is 1. The summed E-state index contributed by atoms with van der Waals surface area (Å²) in [6.07, 6.45) is 0.567. The molecule has 1 rings (SSSR count). The van der Waals surface area contributed by atoms with Gasteiger partial charge in [-0.3, -0.25) is 4.79 Å². The minimum atomic E-state index is -0.0287. The predicted octanol–water partition coefficient (Wildman–Crippen LogP) is 3.59. The zero-order valence-corrected chi connectivity index (χ0v) is 12.6. The molecule has 3 nitrogen and oxygen atoms in total. The van der Waals surface area contributed by atoms with Crippen LogP contribution >= 0.6 is 0 Å². The fourth-order valence-corrected chi connectivity index (χ4v) is 1.88. The predicted molar refractivity (Wildman–Crippen MR) is 77.9 cm³/mol. The molecule has 0 spiro atoms. The Hall–Kier alpha value is -1.51. The third-order valence-electron chi connectivity index (χ3n) is 3.96. The Morgan fingerprint density at radius 2 is 1.89 bits per heavy atom. The Labute approximate surface area is 116 Å². The van der Waals surface area contributed by atoms with Crippen LogP contribution in [-0.4, -0.2) is 23.0 Å². The maximum atomic E-state index is 12.2. The second-order valence-corrected chi connectivity index (χ2v) is 5.70. The van der Waals surface area contributed by atoms with E-state index in [0.717, 1.165) is 5.56 Å². The first kappa shape index (κ1) is 15.5. The molecule has 0 saturated heterocycles. The molecule has 2 atom stereocenters. The Kier molecular flexibility index (Phi) is 5.40. The number of benzene rings is 1. The molecule has 0 radical (unpaired) electrons. The molecule has 106 valence electrons. The number of hydrogen-bond acceptors (Lipinski definition) is 2. The van der Waals surface area contributed by atoms with Gasteiger partial charge < -0.3 is 10.0 Å². The molecule has 0 aliphatic carbocycles. The normalized spacial score (nSPS) is 14.2. The second-order valence-electron chi connectivity index (χ2n) is 5.70. The first-order chi connectivity index (χ1) is 8.82. The van der Waals surface area contributed by atoms with Crippen molar-refractivity contribution >= 4 is 5.91 Å². The van der Waals surface area contributed by atoms with Gasteiger partial charge in [0.15, 0.2) is 0 Å². The van der Waals surface area contributed by atoms with Gasteiger partial charge in [0.1, 0.15) is 5.75 Å². The highest BCUT2D eigenvalue weighted by Crippen LogP contribution is 2.24. The van der Waals surface area contributed by atoms with Crippen molar-refractivity contribution in [2.24, 2.45) is 11.8 Å². The maximum absolute atomic E-state index is 12.2. The number of aromatic hydroxyl groups is 1. The lowest BCUT2D eigenvalue weighted by Gasteiger charge is -2.27. The fraction of sp³-hybridized carbons (Fsp3) is 0.562. The maximum Gasteiger partial charge on any atom is 0.223 e. The zero-order valence-electron chi connectivity index (χ0n) is 12.6. The Morgan fingerprint density at radius 1 is 1.26 bits per heavy atom. The molecule has 0 saturated carbocycles. The molecule has 19 heavy (non-hydrogen) atoms. The molecule has 0 unspecified atom stereocenters. The van der Waals surface area contributed by atoms with E-state index in [1.807, 2.05) is 20.0 Å². The fourth-order valence-electron chi connectivity index (χ4n) is 1.88. The third kappa shape index (κ3) is 4.27. The summed E-state index contributed by atoms with van der Waals surface area (Å²) in [5, 5.41) is 9.50. The number of phenols is 1. The number of carbonyl (C=O) groups excluding carboxylic acids is 1. The van der Waals surface area contributed by atoms with Gasteiger partial charge in [0.2, 0.25) is 5.91 Å². The van der Waals surface area contributed by atoms with E-state index in [0.29, 0.717) is 18.3 Å². The molecule has 0 heterocycles. The summed E-state index contributed by atoms with van der Waals surface area (Å²) < 4.78 is 0. The van der Waals surface area contributed by atoms with Crippen molar-refractivity contribution in [3.63, 3.8) is 0 Å². The van der Waals surface area contributed by atoms with E-state index in [9.17, 15) is 9.90 Å². The molecule has 0 aromatic heterocycles. The van der Waals surface area contributed by atoms with Crippen molar-refractivity contribution in [3.8, 4) is 5.75 Å². The van der Waals surface area contributed by atoms with E-state index in [1.165, 1.54) is 0 Å². The van der Waals surface area contributed by atoms with Crippen LogP contribution in [0.4, 0.5) is 0 Å². The van der Waals surface area contributed by atoms with Crippen LogP contribution < -0.4 is 0 Å². The first-order valence-corrected chi connectivity index (χ1v) is 6.87. The van der Waals surface area contributed by atoms with Crippen molar-refractivity contribution < 1.29 is 9.90 Å². The van der Waals surface area contributed by atoms with Crippen LogP contribution in [-0.2, 0) is 4.79 Å². The lowest BCUT2D eigenvalue weighted by atomic mass is 9.94. The number of amides is 1. The zero-order chi connectivity index (χ0) is 14.6. The molecule has 1 N–H and O–H groups in total.